The number of hydrogen-bond acceptors (Lipinski definition) is 4. The fourth-order valence-electron chi connectivity index (χ4n) is 2.28. The molecule has 0 aliphatic rings. The number of rotatable bonds is 4. The second-order valence-electron chi connectivity index (χ2n) is 5.27. The number of hydrogen-bond donors (Lipinski definition) is 1. The zero-order valence-electron chi connectivity index (χ0n) is 13.0. The monoisotopic (exact) mass is 323 g/mol. The van der Waals surface area contributed by atoms with Crippen LogP contribution >= 0.6 is 11.3 Å². The minimum absolute atomic E-state index is 0.122. The minimum Gasteiger partial charge on any atom is -0.347 e. The summed E-state index contributed by atoms with van der Waals surface area (Å²) in [5.74, 6) is -0.122. The molecule has 1 N–H and O–H groups in total. The molecule has 0 unspecified atom stereocenters. The van der Waals surface area contributed by atoms with Crippen molar-refractivity contribution in [1.82, 2.24) is 15.3 Å². The Kier molecular flexibility index (Phi) is 4.48. The van der Waals surface area contributed by atoms with Crippen LogP contribution in [0.5, 0.6) is 0 Å². The number of aromatic nitrogens is 2. The first-order valence-electron chi connectivity index (χ1n) is 7.35. The highest BCUT2D eigenvalue weighted by Gasteiger charge is 2.12. The lowest BCUT2D eigenvalue weighted by molar-refractivity contribution is 0.0951. The Bertz CT molecular complexity index is 827. The fraction of sp³-hybridized carbons (Fsp3) is 0.167. The maximum absolute atomic E-state index is 12.1. The van der Waals surface area contributed by atoms with Crippen LogP contribution in [-0.4, -0.2) is 15.9 Å². The number of pyridine rings is 1. The van der Waals surface area contributed by atoms with E-state index in [2.05, 4.69) is 34.3 Å². The third-order valence-electron chi connectivity index (χ3n) is 3.60. The molecule has 0 atom stereocenters. The van der Waals surface area contributed by atoms with E-state index in [1.807, 2.05) is 19.1 Å². The molecular formula is C18H17N3OS. The predicted molar refractivity (Wildman–Crippen MR) is 92.4 cm³/mol. The zero-order valence-corrected chi connectivity index (χ0v) is 13.9. The molecule has 0 aliphatic heterocycles. The van der Waals surface area contributed by atoms with Gasteiger partial charge < -0.3 is 5.32 Å². The lowest BCUT2D eigenvalue weighted by atomic mass is 10.1. The van der Waals surface area contributed by atoms with Crippen molar-refractivity contribution in [1.29, 1.82) is 0 Å². The van der Waals surface area contributed by atoms with Gasteiger partial charge in [0.25, 0.3) is 5.91 Å². The molecule has 0 fully saturated rings. The van der Waals surface area contributed by atoms with Gasteiger partial charge in [0, 0.05) is 22.8 Å². The number of nitrogens with one attached hydrogen (secondary N) is 1. The van der Waals surface area contributed by atoms with Gasteiger partial charge in [-0.1, -0.05) is 24.3 Å². The van der Waals surface area contributed by atoms with E-state index in [0.29, 0.717) is 12.1 Å². The number of thiazole rings is 1. The highest BCUT2D eigenvalue weighted by molar-refractivity contribution is 7.15. The summed E-state index contributed by atoms with van der Waals surface area (Å²) in [5.41, 5.74) is 3.87. The lowest BCUT2D eigenvalue weighted by Gasteiger charge is -2.03. The van der Waals surface area contributed by atoms with Crippen LogP contribution in [0.3, 0.4) is 0 Å². The first-order valence-corrected chi connectivity index (χ1v) is 8.17. The summed E-state index contributed by atoms with van der Waals surface area (Å²) in [6, 6.07) is 11.7. The highest BCUT2D eigenvalue weighted by atomic mass is 32.1. The molecule has 0 saturated carbocycles. The van der Waals surface area contributed by atoms with Gasteiger partial charge in [0.15, 0.2) is 0 Å². The molecule has 2 aromatic heterocycles. The van der Waals surface area contributed by atoms with Crippen molar-refractivity contribution in [2.24, 2.45) is 0 Å². The Hall–Kier alpha value is -2.53. The standard InChI is InChI=1S/C18H17N3OS/c1-12-6-3-4-8-15(12)18-21-13(2)16(23-18)11-20-17(22)14-7-5-9-19-10-14/h3-10H,11H2,1-2H3,(H,20,22). The van der Waals surface area contributed by atoms with E-state index in [1.165, 1.54) is 5.56 Å². The molecule has 0 spiro atoms. The molecule has 3 aromatic rings. The Morgan fingerprint density at radius 2 is 2.00 bits per heavy atom. The number of carbonyl (C=O) groups excluding carboxylic acids is 1. The number of carbonyl (C=O) groups is 1. The molecule has 2 heterocycles. The van der Waals surface area contributed by atoms with E-state index in [9.17, 15) is 4.79 Å². The van der Waals surface area contributed by atoms with Crippen molar-refractivity contribution in [3.8, 4) is 10.6 Å². The predicted octanol–water partition coefficient (Wildman–Crippen LogP) is 3.75. The third kappa shape index (κ3) is 3.46. The van der Waals surface area contributed by atoms with Crippen molar-refractivity contribution < 1.29 is 4.79 Å². The van der Waals surface area contributed by atoms with Crippen LogP contribution in [0.2, 0.25) is 0 Å². The second-order valence-corrected chi connectivity index (χ2v) is 6.35. The molecule has 1 aromatic carbocycles. The number of aryl methyl sites for hydroxylation is 2. The summed E-state index contributed by atoms with van der Waals surface area (Å²) in [6.07, 6.45) is 3.21. The summed E-state index contributed by atoms with van der Waals surface area (Å²) in [5, 5.41) is 3.92. The first kappa shape index (κ1) is 15.4. The molecule has 1 amide bonds. The van der Waals surface area contributed by atoms with Gasteiger partial charge in [-0.25, -0.2) is 4.98 Å². The summed E-state index contributed by atoms with van der Waals surface area (Å²) in [4.78, 5) is 21.8. The Morgan fingerprint density at radius 1 is 1.17 bits per heavy atom. The lowest BCUT2D eigenvalue weighted by Crippen LogP contribution is -2.22. The van der Waals surface area contributed by atoms with E-state index in [0.717, 1.165) is 21.1 Å². The van der Waals surface area contributed by atoms with Crippen LogP contribution in [0.1, 0.15) is 26.5 Å². The Morgan fingerprint density at radius 3 is 2.74 bits per heavy atom. The first-order chi connectivity index (χ1) is 11.1. The summed E-state index contributed by atoms with van der Waals surface area (Å²) < 4.78 is 0. The van der Waals surface area contributed by atoms with Crippen molar-refractivity contribution in [2.45, 2.75) is 20.4 Å². The SMILES string of the molecule is Cc1ccccc1-c1nc(C)c(CNC(=O)c2cccnc2)s1. The average molecular weight is 323 g/mol. The van der Waals surface area contributed by atoms with Crippen LogP contribution in [0, 0.1) is 13.8 Å². The summed E-state index contributed by atoms with van der Waals surface area (Å²) in [6.45, 7) is 4.53. The maximum Gasteiger partial charge on any atom is 0.253 e. The summed E-state index contributed by atoms with van der Waals surface area (Å²) in [7, 11) is 0. The van der Waals surface area contributed by atoms with Crippen LogP contribution in [-0.2, 0) is 6.54 Å². The van der Waals surface area contributed by atoms with Crippen LogP contribution < -0.4 is 5.32 Å². The molecule has 0 aliphatic carbocycles. The van der Waals surface area contributed by atoms with Gasteiger partial charge >= 0.3 is 0 Å². The number of amides is 1. The molecule has 23 heavy (non-hydrogen) atoms. The molecule has 3 rings (SSSR count). The second kappa shape index (κ2) is 6.71. The molecular weight excluding hydrogens is 306 g/mol. The molecule has 5 heteroatoms. The third-order valence-corrected chi connectivity index (χ3v) is 4.79. The van der Waals surface area contributed by atoms with Gasteiger partial charge in [0.05, 0.1) is 17.8 Å². The van der Waals surface area contributed by atoms with E-state index in [4.69, 9.17) is 0 Å². The molecule has 0 bridgehead atoms. The van der Waals surface area contributed by atoms with E-state index >= 15 is 0 Å². The Labute approximate surface area is 139 Å². The number of benzene rings is 1. The zero-order chi connectivity index (χ0) is 16.2. The smallest absolute Gasteiger partial charge is 0.253 e. The van der Waals surface area contributed by atoms with E-state index in [1.54, 1.807) is 35.9 Å². The normalized spacial score (nSPS) is 10.5. The largest absolute Gasteiger partial charge is 0.347 e. The average Bonchev–Trinajstić information content (AvgIpc) is 2.94. The van der Waals surface area contributed by atoms with Gasteiger partial charge in [-0.05, 0) is 31.5 Å². The van der Waals surface area contributed by atoms with E-state index in [-0.39, 0.29) is 5.91 Å². The van der Waals surface area contributed by atoms with Crippen LogP contribution in [0.25, 0.3) is 10.6 Å². The quantitative estimate of drug-likeness (QED) is 0.795. The maximum atomic E-state index is 12.1. The Balaban J connectivity index is 1.75. The van der Waals surface area contributed by atoms with E-state index < -0.39 is 0 Å². The van der Waals surface area contributed by atoms with Gasteiger partial charge in [0.2, 0.25) is 0 Å². The van der Waals surface area contributed by atoms with Crippen LogP contribution in [0.4, 0.5) is 0 Å². The van der Waals surface area contributed by atoms with Crippen molar-refractivity contribution in [2.75, 3.05) is 0 Å². The summed E-state index contributed by atoms with van der Waals surface area (Å²) >= 11 is 1.62. The fourth-order valence-corrected chi connectivity index (χ4v) is 3.37. The van der Waals surface area contributed by atoms with Crippen LogP contribution in [0.15, 0.2) is 48.8 Å². The van der Waals surface area contributed by atoms with Gasteiger partial charge in [-0.15, -0.1) is 11.3 Å². The van der Waals surface area contributed by atoms with Gasteiger partial charge in [0.1, 0.15) is 5.01 Å². The van der Waals surface area contributed by atoms with Crippen molar-refractivity contribution in [3.63, 3.8) is 0 Å². The van der Waals surface area contributed by atoms with Gasteiger partial charge in [-0.2, -0.15) is 0 Å². The number of nitrogens with zero attached hydrogens (tertiary/aromatic N) is 2. The molecule has 116 valence electrons. The minimum atomic E-state index is -0.122. The molecule has 0 saturated heterocycles. The van der Waals surface area contributed by atoms with Crippen molar-refractivity contribution >= 4 is 17.2 Å². The highest BCUT2D eigenvalue weighted by Crippen LogP contribution is 2.29. The molecule has 0 radical (unpaired) electrons. The topological polar surface area (TPSA) is 54.9 Å². The van der Waals surface area contributed by atoms with Gasteiger partial charge in [-0.3, -0.25) is 9.78 Å². The molecule has 4 nitrogen and oxygen atoms in total. The van der Waals surface area contributed by atoms with Crippen molar-refractivity contribution in [3.05, 3.63) is 70.5 Å².